The van der Waals surface area contributed by atoms with E-state index in [4.69, 9.17) is 28.4 Å². The molecular formula is C70H86N6O10. The maximum Gasteiger partial charge on any atom is 0.411 e. The van der Waals surface area contributed by atoms with Gasteiger partial charge in [-0.1, -0.05) is 146 Å². The molecule has 2 N–H and O–H groups in total. The average Bonchev–Trinajstić information content (AvgIpc) is 3.34. The topological polar surface area (TPSA) is 161 Å². The number of carbonyl (C=O) groups is 4. The van der Waals surface area contributed by atoms with E-state index in [0.717, 1.165) is 104 Å². The zero-order valence-electron chi connectivity index (χ0n) is 50.8. The molecule has 4 fully saturated rings. The van der Waals surface area contributed by atoms with E-state index in [9.17, 15) is 19.2 Å². The van der Waals surface area contributed by atoms with Crippen LogP contribution in [0.5, 0.6) is 0 Å². The first kappa shape index (κ1) is 63.1. The molecule has 456 valence electrons. The van der Waals surface area contributed by atoms with E-state index >= 15 is 0 Å². The van der Waals surface area contributed by atoms with Gasteiger partial charge in [-0.3, -0.25) is 30.0 Å². The molecule has 16 nitrogen and oxygen atoms in total. The Bertz CT molecular complexity index is 3100. The predicted octanol–water partition coefficient (Wildman–Crippen LogP) is 11.6. The maximum atomic E-state index is 12.8. The Kier molecular flexibility index (Phi) is 22.9. The number of aryl methyl sites for hydroxylation is 2. The number of methoxy groups -OCH3 is 4. The van der Waals surface area contributed by atoms with Crippen molar-refractivity contribution in [3.63, 3.8) is 0 Å². The molecule has 6 atom stereocenters. The predicted molar refractivity (Wildman–Crippen MR) is 335 cm³/mol. The summed E-state index contributed by atoms with van der Waals surface area (Å²) in [5.74, 6) is 2.31. The number of ether oxygens (including phenoxy) is 6. The summed E-state index contributed by atoms with van der Waals surface area (Å²) < 4.78 is 32.6. The number of carbonyl (C=O) groups excluding carboxylic acids is 4. The fourth-order valence-electron chi connectivity index (χ4n) is 12.9. The minimum atomic E-state index is -0.418. The third kappa shape index (κ3) is 17.8. The van der Waals surface area contributed by atoms with E-state index in [0.29, 0.717) is 62.4 Å². The molecule has 4 aliphatic rings. The second-order valence-corrected chi connectivity index (χ2v) is 23.5. The summed E-state index contributed by atoms with van der Waals surface area (Å²) in [6.45, 7) is 6.68. The Morgan fingerprint density at radius 3 is 1.26 bits per heavy atom. The van der Waals surface area contributed by atoms with Crippen molar-refractivity contribution in [2.75, 3.05) is 92.4 Å². The lowest BCUT2D eigenvalue weighted by Gasteiger charge is -2.22. The number of rotatable bonds is 24. The average molecular weight is 1170 g/mol. The minimum Gasteiger partial charge on any atom is -0.446 e. The van der Waals surface area contributed by atoms with Crippen molar-refractivity contribution in [1.82, 2.24) is 19.6 Å². The van der Waals surface area contributed by atoms with Crippen LogP contribution in [0.2, 0.25) is 0 Å². The summed E-state index contributed by atoms with van der Waals surface area (Å²) >= 11 is 0. The molecule has 6 aromatic carbocycles. The SMILES string of the molecule is COC(CN(C)C(=O)CCc1ccc(CN2C[C@H]3CC(OC(=O)Nc4ccccc4-c4ccccc4)C[C@H]3C2)cc1)OC.COC(CN(C)C(=O)CCc1cccc(CN2C[C@H]3CC(OC(=O)Nc4ccccc4-c4ccccc4)C[C@H]3C2)c1)OC. The Labute approximate surface area is 508 Å². The van der Waals surface area contributed by atoms with Crippen molar-refractivity contribution in [2.45, 2.75) is 89.2 Å². The largest absolute Gasteiger partial charge is 0.446 e. The molecule has 0 spiro atoms. The van der Waals surface area contributed by atoms with Crippen LogP contribution in [-0.2, 0) is 63.9 Å². The first-order valence-corrected chi connectivity index (χ1v) is 30.3. The van der Waals surface area contributed by atoms with Crippen LogP contribution in [0.1, 0.15) is 60.8 Å². The highest BCUT2D eigenvalue weighted by Gasteiger charge is 2.43. The molecule has 10 rings (SSSR count). The fraction of sp³-hybridized carbons (Fsp3) is 0.429. The first-order chi connectivity index (χ1) is 41.8. The van der Waals surface area contributed by atoms with Crippen LogP contribution < -0.4 is 10.6 Å². The number of likely N-dealkylation sites (N-methyl/N-ethyl adjacent to an activating group) is 2. The highest BCUT2D eigenvalue weighted by molar-refractivity contribution is 5.92. The maximum absolute atomic E-state index is 12.8. The van der Waals surface area contributed by atoms with Crippen molar-refractivity contribution in [3.8, 4) is 22.3 Å². The Morgan fingerprint density at radius 1 is 0.453 bits per heavy atom. The van der Waals surface area contributed by atoms with Gasteiger partial charge >= 0.3 is 12.2 Å². The number of benzene rings is 6. The van der Waals surface area contributed by atoms with E-state index in [2.05, 4.69) is 69.0 Å². The quantitative estimate of drug-likeness (QED) is 0.0553. The van der Waals surface area contributed by atoms with E-state index in [1.165, 1.54) is 16.7 Å². The summed E-state index contributed by atoms with van der Waals surface area (Å²) in [6, 6.07) is 52.9. The lowest BCUT2D eigenvalue weighted by Crippen LogP contribution is -2.36. The third-order valence-electron chi connectivity index (χ3n) is 17.4. The molecule has 2 aliphatic heterocycles. The number of nitrogens with zero attached hydrogens (tertiary/aromatic N) is 4. The van der Waals surface area contributed by atoms with Crippen molar-refractivity contribution >= 4 is 35.4 Å². The zero-order valence-corrected chi connectivity index (χ0v) is 50.8. The molecule has 2 saturated heterocycles. The number of nitrogens with one attached hydrogen (secondary N) is 2. The van der Waals surface area contributed by atoms with E-state index < -0.39 is 12.6 Å². The molecule has 2 saturated carbocycles. The molecule has 2 heterocycles. The van der Waals surface area contributed by atoms with Gasteiger partial charge in [0.2, 0.25) is 11.8 Å². The van der Waals surface area contributed by atoms with Gasteiger partial charge in [-0.05, 0) is 108 Å². The highest BCUT2D eigenvalue weighted by atomic mass is 16.7. The zero-order chi connectivity index (χ0) is 60.4. The molecule has 0 aromatic heterocycles. The van der Waals surface area contributed by atoms with Gasteiger partial charge in [0.25, 0.3) is 0 Å². The first-order valence-electron chi connectivity index (χ1n) is 30.3. The standard InChI is InChI=1S/2C35H43N3O5/c1-37(24-34(41-2)42-3)33(39)17-16-25-10-9-11-26(18-25)21-38-22-28-19-30(20-29(28)23-38)43-35(40)36-32-15-8-7-14-31(32)27-12-5-4-6-13-27;1-37(24-34(41-2)42-3)33(39)18-17-25-13-15-26(16-14-25)21-38-22-28-19-30(20-29(28)23-38)43-35(40)36-32-12-8-7-11-31(32)27-9-5-4-6-10-27/h4-15,18,28-30,34H,16-17,19-24H2,1-3H3,(H,36,40);4-16,28-30,34H,17-24H2,1-3H3,(H,36,40)/t2*28-,29+,30?. The number of anilines is 2. The van der Waals surface area contributed by atoms with Crippen LogP contribution in [0.25, 0.3) is 22.3 Å². The smallest absolute Gasteiger partial charge is 0.411 e. The summed E-state index contributed by atoms with van der Waals surface area (Å²) in [5, 5.41) is 5.96. The Hall–Kier alpha value is -7.44. The fourth-order valence-corrected chi connectivity index (χ4v) is 12.9. The third-order valence-corrected chi connectivity index (χ3v) is 17.4. The van der Waals surface area contributed by atoms with Crippen LogP contribution in [-0.4, -0.2) is 150 Å². The normalized spacial score (nSPS) is 19.8. The van der Waals surface area contributed by atoms with Gasteiger partial charge in [0.05, 0.1) is 24.5 Å². The molecule has 2 aliphatic carbocycles. The number of hydrogen-bond donors (Lipinski definition) is 2. The van der Waals surface area contributed by atoms with Crippen LogP contribution >= 0.6 is 0 Å². The second kappa shape index (κ2) is 31.3. The van der Waals surface area contributed by atoms with Crippen molar-refractivity contribution < 1.29 is 47.6 Å². The van der Waals surface area contributed by atoms with Gasteiger partial charge in [-0.25, -0.2) is 9.59 Å². The molecule has 86 heavy (non-hydrogen) atoms. The number of likely N-dealkylation sites (tertiary alicyclic amines) is 2. The van der Waals surface area contributed by atoms with Gasteiger partial charge in [0.1, 0.15) is 12.2 Å². The van der Waals surface area contributed by atoms with Gasteiger partial charge in [0.15, 0.2) is 12.6 Å². The number of amides is 4. The molecule has 16 heteroatoms. The van der Waals surface area contributed by atoms with Crippen LogP contribution in [0, 0.1) is 23.7 Å². The van der Waals surface area contributed by atoms with Crippen LogP contribution in [0.3, 0.4) is 0 Å². The molecule has 2 unspecified atom stereocenters. The number of fused-ring (bicyclic) bond motifs is 2. The molecule has 6 aromatic rings. The van der Waals surface area contributed by atoms with E-state index in [1.807, 2.05) is 109 Å². The summed E-state index contributed by atoms with van der Waals surface area (Å²) in [7, 11) is 9.85. The van der Waals surface area contributed by atoms with Gasteiger partial charge in [-0.2, -0.15) is 0 Å². The number of hydrogen-bond acceptors (Lipinski definition) is 12. The second-order valence-electron chi connectivity index (χ2n) is 23.5. The van der Waals surface area contributed by atoms with Crippen LogP contribution in [0.4, 0.5) is 21.0 Å². The lowest BCUT2D eigenvalue weighted by atomic mass is 10.0. The van der Waals surface area contributed by atoms with Gasteiger partial charge < -0.3 is 38.2 Å². The summed E-state index contributed by atoms with van der Waals surface area (Å²) in [5.41, 5.74) is 10.4. The monoisotopic (exact) mass is 1170 g/mol. The lowest BCUT2D eigenvalue weighted by molar-refractivity contribution is -0.143. The summed E-state index contributed by atoms with van der Waals surface area (Å²) in [4.78, 5) is 59.1. The molecular weight excluding hydrogens is 1080 g/mol. The van der Waals surface area contributed by atoms with Crippen molar-refractivity contribution in [2.24, 2.45) is 23.7 Å². The van der Waals surface area contributed by atoms with Gasteiger partial charge in [0, 0.05) is 106 Å². The summed E-state index contributed by atoms with van der Waals surface area (Å²) in [6.07, 6.45) is 4.22. The molecule has 4 amide bonds. The number of para-hydroxylation sites is 2. The Balaban J connectivity index is 0.000000205. The van der Waals surface area contributed by atoms with E-state index in [1.54, 1.807) is 52.3 Å². The molecule has 0 bridgehead atoms. The van der Waals surface area contributed by atoms with Crippen molar-refractivity contribution in [1.29, 1.82) is 0 Å². The van der Waals surface area contributed by atoms with Gasteiger partial charge in [-0.15, -0.1) is 0 Å². The van der Waals surface area contributed by atoms with E-state index in [-0.39, 0.29) is 36.2 Å². The van der Waals surface area contributed by atoms with Crippen LogP contribution in [0.15, 0.2) is 158 Å². The molecule has 0 radical (unpaired) electrons. The minimum absolute atomic E-state index is 0.0445. The highest BCUT2D eigenvalue weighted by Crippen LogP contribution is 2.42. The van der Waals surface area contributed by atoms with Crippen molar-refractivity contribution in [3.05, 3.63) is 180 Å². The Morgan fingerprint density at radius 2 is 0.826 bits per heavy atom.